The van der Waals surface area contributed by atoms with E-state index in [-0.39, 0.29) is 11.9 Å². The van der Waals surface area contributed by atoms with E-state index in [1.807, 2.05) is 21.5 Å². The van der Waals surface area contributed by atoms with Crippen LogP contribution in [0.25, 0.3) is 0 Å². The molecule has 0 spiro atoms. The normalized spacial score (nSPS) is 20.6. The smallest absolute Gasteiger partial charge is 0.281 e. The molecule has 27 heavy (non-hydrogen) atoms. The topological polar surface area (TPSA) is 47.9 Å². The van der Waals surface area contributed by atoms with Crippen LogP contribution in [0.4, 0.5) is 5.69 Å². The maximum Gasteiger partial charge on any atom is 0.281 e. The van der Waals surface area contributed by atoms with Crippen molar-refractivity contribution in [3.8, 4) is 0 Å². The maximum absolute atomic E-state index is 12.8. The Balaban J connectivity index is 1.60. The number of thiophene rings is 1. The van der Waals surface area contributed by atoms with Crippen molar-refractivity contribution in [3.05, 3.63) is 50.6 Å². The van der Waals surface area contributed by atoms with Crippen LogP contribution in [0.5, 0.6) is 0 Å². The van der Waals surface area contributed by atoms with Crippen LogP contribution in [0.3, 0.4) is 0 Å². The van der Waals surface area contributed by atoms with E-state index in [1.165, 1.54) is 6.42 Å². The largest absolute Gasteiger partial charge is 0.284 e. The van der Waals surface area contributed by atoms with E-state index in [4.69, 9.17) is 23.2 Å². The van der Waals surface area contributed by atoms with Gasteiger partial charge in [-0.25, -0.2) is 5.01 Å². The monoisotopic (exact) mass is 422 g/mol. The Kier molecular flexibility index (Phi) is 5.68. The lowest BCUT2D eigenvalue weighted by Gasteiger charge is -2.26. The van der Waals surface area contributed by atoms with E-state index >= 15 is 0 Å². The quantitative estimate of drug-likeness (QED) is 0.763. The molecule has 0 aliphatic carbocycles. The van der Waals surface area contributed by atoms with Crippen molar-refractivity contribution in [2.75, 3.05) is 18.1 Å². The predicted octanol–water partition coefficient (Wildman–Crippen LogP) is 4.88. The lowest BCUT2D eigenvalue weighted by molar-refractivity contribution is -0.119. The fourth-order valence-corrected chi connectivity index (χ4v) is 4.68. The standard InChI is InChI=1S/C19H20Cl2N4OS/c20-14-4-5-17(15(21)10-14)25-18(13-6-9-27-12-13)11-16(22-25)19(26)23-24-7-2-1-3-8-24/h4-6,9-10,12,18H,1-3,7-8,11H2,(H,23,26). The average Bonchev–Trinajstić information content (AvgIpc) is 3.32. The number of hydrazone groups is 1. The van der Waals surface area contributed by atoms with Gasteiger partial charge in [0, 0.05) is 24.5 Å². The van der Waals surface area contributed by atoms with Gasteiger partial charge in [-0.2, -0.15) is 16.4 Å². The number of hydrogen-bond acceptors (Lipinski definition) is 5. The second kappa shape index (κ2) is 8.19. The molecule has 1 amide bonds. The SMILES string of the molecule is O=C(NN1CCCCC1)C1=NN(c2ccc(Cl)cc2Cl)C(c2ccsc2)C1. The van der Waals surface area contributed by atoms with E-state index in [9.17, 15) is 4.79 Å². The summed E-state index contributed by atoms with van der Waals surface area (Å²) in [5.74, 6) is -0.135. The molecular weight excluding hydrogens is 403 g/mol. The molecule has 0 bridgehead atoms. The summed E-state index contributed by atoms with van der Waals surface area (Å²) in [6, 6.07) is 7.34. The summed E-state index contributed by atoms with van der Waals surface area (Å²) in [6.07, 6.45) is 3.97. The van der Waals surface area contributed by atoms with Crippen molar-refractivity contribution in [1.82, 2.24) is 10.4 Å². The van der Waals surface area contributed by atoms with Gasteiger partial charge in [0.1, 0.15) is 5.71 Å². The minimum absolute atomic E-state index is 0.0583. The van der Waals surface area contributed by atoms with E-state index < -0.39 is 0 Å². The summed E-state index contributed by atoms with van der Waals surface area (Å²) in [5, 5.41) is 13.7. The van der Waals surface area contributed by atoms with Crippen molar-refractivity contribution in [1.29, 1.82) is 0 Å². The Morgan fingerprint density at radius 2 is 2.00 bits per heavy atom. The molecule has 1 N–H and O–H groups in total. The fraction of sp³-hybridized carbons (Fsp3) is 0.368. The number of rotatable bonds is 4. The molecular formula is C19H20Cl2N4OS. The van der Waals surface area contributed by atoms with Gasteiger partial charge in [0.2, 0.25) is 0 Å². The van der Waals surface area contributed by atoms with Crippen LogP contribution in [-0.4, -0.2) is 29.7 Å². The summed E-state index contributed by atoms with van der Waals surface area (Å²) in [7, 11) is 0. The van der Waals surface area contributed by atoms with Gasteiger partial charge >= 0.3 is 0 Å². The maximum atomic E-state index is 12.8. The molecule has 3 heterocycles. The zero-order valence-electron chi connectivity index (χ0n) is 14.7. The molecule has 1 fully saturated rings. The molecule has 1 unspecified atom stereocenters. The number of hydrogen-bond donors (Lipinski definition) is 1. The minimum atomic E-state index is -0.135. The van der Waals surface area contributed by atoms with Crippen LogP contribution in [0, 0.1) is 0 Å². The highest BCUT2D eigenvalue weighted by molar-refractivity contribution is 7.08. The Bertz CT molecular complexity index is 849. The van der Waals surface area contributed by atoms with Gasteiger partial charge in [0.25, 0.3) is 5.91 Å². The van der Waals surface area contributed by atoms with Crippen molar-refractivity contribution in [2.45, 2.75) is 31.7 Å². The van der Waals surface area contributed by atoms with Crippen LogP contribution in [-0.2, 0) is 4.79 Å². The van der Waals surface area contributed by atoms with Crippen molar-refractivity contribution < 1.29 is 4.79 Å². The van der Waals surface area contributed by atoms with Crippen LogP contribution >= 0.6 is 34.5 Å². The lowest BCUT2D eigenvalue weighted by atomic mass is 10.0. The first-order chi connectivity index (χ1) is 13.1. The molecule has 1 atom stereocenters. The van der Waals surface area contributed by atoms with E-state index in [2.05, 4.69) is 22.0 Å². The molecule has 8 heteroatoms. The van der Waals surface area contributed by atoms with Crippen LogP contribution in [0.2, 0.25) is 10.0 Å². The molecule has 1 aromatic carbocycles. The first-order valence-corrected chi connectivity index (χ1v) is 10.7. The van der Waals surface area contributed by atoms with E-state index in [0.717, 1.165) is 37.2 Å². The highest BCUT2D eigenvalue weighted by Crippen LogP contribution is 2.40. The van der Waals surface area contributed by atoms with Gasteiger partial charge in [0.15, 0.2) is 0 Å². The molecule has 0 radical (unpaired) electrons. The number of benzene rings is 1. The number of carbonyl (C=O) groups is 1. The fourth-order valence-electron chi connectivity index (χ4n) is 3.47. The lowest BCUT2D eigenvalue weighted by Crippen LogP contribution is -2.47. The molecule has 1 aromatic heterocycles. The molecule has 4 rings (SSSR count). The number of nitrogens with one attached hydrogen (secondary N) is 1. The van der Waals surface area contributed by atoms with Gasteiger partial charge < -0.3 is 0 Å². The Morgan fingerprint density at radius 3 is 2.70 bits per heavy atom. The van der Waals surface area contributed by atoms with Gasteiger partial charge in [-0.3, -0.25) is 15.2 Å². The number of hydrazine groups is 1. The zero-order chi connectivity index (χ0) is 18.8. The second-order valence-electron chi connectivity index (χ2n) is 6.75. The summed E-state index contributed by atoms with van der Waals surface area (Å²) < 4.78 is 0. The number of nitrogens with zero attached hydrogens (tertiary/aromatic N) is 3. The van der Waals surface area contributed by atoms with E-state index in [1.54, 1.807) is 23.5 Å². The molecule has 0 saturated carbocycles. The molecule has 2 aromatic rings. The van der Waals surface area contributed by atoms with Crippen molar-refractivity contribution in [3.63, 3.8) is 0 Å². The number of anilines is 1. The highest BCUT2D eigenvalue weighted by Gasteiger charge is 2.34. The van der Waals surface area contributed by atoms with E-state index in [0.29, 0.717) is 22.2 Å². The number of amides is 1. The summed E-state index contributed by atoms with van der Waals surface area (Å²) in [5.41, 5.74) is 5.39. The molecule has 5 nitrogen and oxygen atoms in total. The van der Waals surface area contributed by atoms with Gasteiger partial charge in [-0.15, -0.1) is 0 Å². The Morgan fingerprint density at radius 1 is 1.19 bits per heavy atom. The van der Waals surface area contributed by atoms with Crippen molar-refractivity contribution >= 4 is 51.8 Å². The molecule has 1 saturated heterocycles. The number of carbonyl (C=O) groups excluding carboxylic acids is 1. The van der Waals surface area contributed by atoms with Gasteiger partial charge in [0.05, 0.1) is 16.8 Å². The third-order valence-electron chi connectivity index (χ3n) is 4.87. The Hall–Kier alpha value is -1.60. The summed E-state index contributed by atoms with van der Waals surface area (Å²) in [6.45, 7) is 1.78. The highest BCUT2D eigenvalue weighted by atomic mass is 35.5. The molecule has 2 aliphatic rings. The van der Waals surface area contributed by atoms with Crippen LogP contribution < -0.4 is 10.4 Å². The number of halogens is 2. The molecule has 142 valence electrons. The van der Waals surface area contributed by atoms with Gasteiger partial charge in [-0.05, 0) is 53.4 Å². The van der Waals surface area contributed by atoms with Crippen molar-refractivity contribution in [2.24, 2.45) is 5.10 Å². The number of piperidine rings is 1. The third kappa shape index (κ3) is 4.14. The second-order valence-corrected chi connectivity index (χ2v) is 8.38. The first kappa shape index (κ1) is 18.7. The molecule has 2 aliphatic heterocycles. The average molecular weight is 423 g/mol. The van der Waals surface area contributed by atoms with Crippen LogP contribution in [0.15, 0.2) is 40.1 Å². The zero-order valence-corrected chi connectivity index (χ0v) is 17.0. The third-order valence-corrected chi connectivity index (χ3v) is 6.11. The Labute approximate surface area is 172 Å². The first-order valence-electron chi connectivity index (χ1n) is 9.01. The van der Waals surface area contributed by atoms with Crippen LogP contribution in [0.1, 0.15) is 37.3 Å². The van der Waals surface area contributed by atoms with Gasteiger partial charge in [-0.1, -0.05) is 29.6 Å². The summed E-state index contributed by atoms with van der Waals surface area (Å²) in [4.78, 5) is 12.8. The summed E-state index contributed by atoms with van der Waals surface area (Å²) >= 11 is 14.1. The predicted molar refractivity (Wildman–Crippen MR) is 112 cm³/mol. The minimum Gasteiger partial charge on any atom is -0.284 e.